The largest absolute Gasteiger partial charge is 0.357 e. The van der Waals surface area contributed by atoms with Crippen molar-refractivity contribution in [3.63, 3.8) is 0 Å². The molecule has 1 rings (SSSR count). The minimum absolute atomic E-state index is 0. The van der Waals surface area contributed by atoms with Crippen LogP contribution in [0.15, 0.2) is 41.9 Å². The fraction of sp³-hybridized carbons (Fsp3) is 0.400. The first-order chi connectivity index (χ1) is 9.77. The Morgan fingerprint density at radius 3 is 2.81 bits per heavy atom. The number of halogens is 2. The highest BCUT2D eigenvalue weighted by molar-refractivity contribution is 14.0. The minimum Gasteiger partial charge on any atom is -0.357 e. The molecule has 0 amide bonds. The van der Waals surface area contributed by atoms with Gasteiger partial charge in [-0.25, -0.2) is 9.38 Å². The van der Waals surface area contributed by atoms with Crippen molar-refractivity contribution in [1.29, 1.82) is 0 Å². The van der Waals surface area contributed by atoms with Gasteiger partial charge in [0.1, 0.15) is 5.82 Å². The lowest BCUT2D eigenvalue weighted by Gasteiger charge is -2.11. The average Bonchev–Trinajstić information content (AvgIpc) is 2.46. The number of thioether (sulfide) groups is 1. The molecule has 0 unspecified atom stereocenters. The summed E-state index contributed by atoms with van der Waals surface area (Å²) in [7, 11) is 0. The second-order valence-electron chi connectivity index (χ2n) is 4.08. The zero-order chi connectivity index (χ0) is 14.6. The van der Waals surface area contributed by atoms with Crippen LogP contribution in [0.3, 0.4) is 0 Å². The van der Waals surface area contributed by atoms with Crippen molar-refractivity contribution < 1.29 is 4.39 Å². The van der Waals surface area contributed by atoms with Gasteiger partial charge in [0.25, 0.3) is 0 Å². The standard InChI is InChI=1S/C15H22FN3S.HI/c1-3-10-20-11-9-18-15(17-4-2)19-12-13-7-5-6-8-14(13)16;/h3,5-8H,1,4,9-12H2,2H3,(H2,17,18,19);1H. The first kappa shape index (κ1) is 20.2. The molecule has 0 fully saturated rings. The number of nitrogens with one attached hydrogen (secondary N) is 2. The van der Waals surface area contributed by atoms with Crippen LogP contribution in [0.2, 0.25) is 0 Å². The van der Waals surface area contributed by atoms with Crippen LogP contribution in [0.4, 0.5) is 4.39 Å². The maximum Gasteiger partial charge on any atom is 0.191 e. The van der Waals surface area contributed by atoms with Crippen LogP contribution < -0.4 is 10.6 Å². The Bertz CT molecular complexity index is 441. The molecule has 118 valence electrons. The molecular formula is C15H23FIN3S. The molecule has 0 aromatic heterocycles. The van der Waals surface area contributed by atoms with Crippen LogP contribution in [0.25, 0.3) is 0 Å². The van der Waals surface area contributed by atoms with Crippen molar-refractivity contribution in [2.24, 2.45) is 4.99 Å². The van der Waals surface area contributed by atoms with E-state index in [0.717, 1.165) is 30.6 Å². The summed E-state index contributed by atoms with van der Waals surface area (Å²) in [5.74, 6) is 2.43. The summed E-state index contributed by atoms with van der Waals surface area (Å²) in [5.41, 5.74) is 0.603. The molecule has 2 N–H and O–H groups in total. The first-order valence-corrected chi connectivity index (χ1v) is 7.87. The molecule has 3 nitrogen and oxygen atoms in total. The fourth-order valence-corrected chi connectivity index (χ4v) is 2.12. The zero-order valence-corrected chi connectivity index (χ0v) is 15.4. The molecule has 0 spiro atoms. The number of benzene rings is 1. The summed E-state index contributed by atoms with van der Waals surface area (Å²) in [6.07, 6.45) is 1.89. The van der Waals surface area contributed by atoms with Crippen LogP contribution in [0.5, 0.6) is 0 Å². The Labute approximate surface area is 147 Å². The molecule has 0 aliphatic heterocycles. The predicted octanol–water partition coefficient (Wildman–Crippen LogP) is 3.42. The van der Waals surface area contributed by atoms with E-state index in [1.807, 2.05) is 19.1 Å². The molecule has 0 saturated carbocycles. The van der Waals surface area contributed by atoms with E-state index in [-0.39, 0.29) is 29.8 Å². The van der Waals surface area contributed by atoms with Crippen LogP contribution in [0, 0.1) is 5.82 Å². The highest BCUT2D eigenvalue weighted by Gasteiger charge is 2.01. The van der Waals surface area contributed by atoms with Crippen molar-refractivity contribution in [3.8, 4) is 0 Å². The lowest BCUT2D eigenvalue weighted by atomic mass is 10.2. The summed E-state index contributed by atoms with van der Waals surface area (Å²) >= 11 is 1.81. The molecule has 0 heterocycles. The lowest BCUT2D eigenvalue weighted by molar-refractivity contribution is 0.610. The second kappa shape index (κ2) is 12.9. The van der Waals surface area contributed by atoms with Gasteiger partial charge in [-0.1, -0.05) is 24.3 Å². The smallest absolute Gasteiger partial charge is 0.191 e. The number of aliphatic imine (C=N–C) groups is 1. The third-order valence-corrected chi connectivity index (χ3v) is 3.45. The van der Waals surface area contributed by atoms with Crippen LogP contribution in [-0.4, -0.2) is 30.6 Å². The highest BCUT2D eigenvalue weighted by Crippen LogP contribution is 2.07. The Balaban J connectivity index is 0.00000400. The Hall–Kier alpha value is -0.760. The maximum atomic E-state index is 13.5. The Morgan fingerprint density at radius 1 is 1.38 bits per heavy atom. The quantitative estimate of drug-likeness (QED) is 0.221. The number of rotatable bonds is 8. The van der Waals surface area contributed by atoms with E-state index in [2.05, 4.69) is 22.2 Å². The molecule has 0 saturated heterocycles. The maximum absolute atomic E-state index is 13.5. The van der Waals surface area contributed by atoms with Crippen molar-refractivity contribution in [2.45, 2.75) is 13.5 Å². The minimum atomic E-state index is -0.214. The average molecular weight is 423 g/mol. The van der Waals surface area contributed by atoms with Crippen LogP contribution in [-0.2, 0) is 6.54 Å². The molecule has 0 aliphatic rings. The monoisotopic (exact) mass is 423 g/mol. The fourth-order valence-electron chi connectivity index (χ4n) is 1.54. The zero-order valence-electron chi connectivity index (χ0n) is 12.3. The van der Waals surface area contributed by atoms with Crippen molar-refractivity contribution in [1.82, 2.24) is 10.6 Å². The van der Waals surface area contributed by atoms with E-state index in [1.54, 1.807) is 23.9 Å². The van der Waals surface area contributed by atoms with Gasteiger partial charge >= 0.3 is 0 Å². The summed E-state index contributed by atoms with van der Waals surface area (Å²) in [5, 5.41) is 6.38. The van der Waals surface area contributed by atoms with E-state index in [9.17, 15) is 4.39 Å². The molecule has 21 heavy (non-hydrogen) atoms. The molecule has 6 heteroatoms. The predicted molar refractivity (Wildman–Crippen MR) is 102 cm³/mol. The van der Waals surface area contributed by atoms with Crippen molar-refractivity contribution in [3.05, 3.63) is 48.3 Å². The van der Waals surface area contributed by atoms with Crippen LogP contribution >= 0.6 is 35.7 Å². The summed E-state index contributed by atoms with van der Waals surface area (Å²) in [6, 6.07) is 6.71. The van der Waals surface area contributed by atoms with Crippen molar-refractivity contribution in [2.75, 3.05) is 24.6 Å². The SMILES string of the molecule is C=CCSCCNC(=NCc1ccccc1F)NCC.I. The number of hydrogen-bond donors (Lipinski definition) is 2. The van der Waals surface area contributed by atoms with E-state index >= 15 is 0 Å². The van der Waals surface area contributed by atoms with Gasteiger partial charge < -0.3 is 10.6 Å². The van der Waals surface area contributed by atoms with Crippen molar-refractivity contribution >= 4 is 41.7 Å². The second-order valence-corrected chi connectivity index (χ2v) is 5.23. The molecule has 0 atom stereocenters. The normalized spacial score (nSPS) is 10.7. The summed E-state index contributed by atoms with van der Waals surface area (Å²) < 4.78 is 13.5. The first-order valence-electron chi connectivity index (χ1n) is 6.72. The van der Waals surface area contributed by atoms with E-state index in [1.165, 1.54) is 6.07 Å². The van der Waals surface area contributed by atoms with Gasteiger partial charge in [-0.15, -0.1) is 30.6 Å². The Morgan fingerprint density at radius 2 is 2.14 bits per heavy atom. The third-order valence-electron chi connectivity index (χ3n) is 2.48. The number of guanidine groups is 1. The van der Waals surface area contributed by atoms with Gasteiger partial charge in [0.15, 0.2) is 5.96 Å². The van der Waals surface area contributed by atoms with Gasteiger partial charge in [0.2, 0.25) is 0 Å². The lowest BCUT2D eigenvalue weighted by Crippen LogP contribution is -2.38. The summed E-state index contributed by atoms with van der Waals surface area (Å²) in [6.45, 7) is 7.62. The van der Waals surface area contributed by atoms with E-state index < -0.39 is 0 Å². The Kier molecular flexibility index (Phi) is 12.5. The molecular weight excluding hydrogens is 400 g/mol. The van der Waals surface area contributed by atoms with Gasteiger partial charge in [-0.2, -0.15) is 11.8 Å². The number of nitrogens with zero attached hydrogens (tertiary/aromatic N) is 1. The van der Waals surface area contributed by atoms with E-state index in [0.29, 0.717) is 12.1 Å². The third kappa shape index (κ3) is 8.98. The van der Waals surface area contributed by atoms with Gasteiger partial charge in [0, 0.05) is 30.2 Å². The molecule has 0 aliphatic carbocycles. The van der Waals surface area contributed by atoms with Crippen LogP contribution in [0.1, 0.15) is 12.5 Å². The van der Waals surface area contributed by atoms with E-state index in [4.69, 9.17) is 0 Å². The summed E-state index contributed by atoms with van der Waals surface area (Å²) in [4.78, 5) is 4.39. The highest BCUT2D eigenvalue weighted by atomic mass is 127. The van der Waals surface area contributed by atoms with Gasteiger partial charge in [-0.05, 0) is 13.0 Å². The molecule has 0 radical (unpaired) electrons. The van der Waals surface area contributed by atoms with Gasteiger partial charge in [0.05, 0.1) is 6.54 Å². The topological polar surface area (TPSA) is 36.4 Å². The molecule has 1 aromatic carbocycles. The molecule has 0 bridgehead atoms. The van der Waals surface area contributed by atoms with Gasteiger partial charge in [-0.3, -0.25) is 0 Å². The molecule has 1 aromatic rings. The number of hydrogen-bond acceptors (Lipinski definition) is 2.